The predicted molar refractivity (Wildman–Crippen MR) is 274 cm³/mol. The van der Waals surface area contributed by atoms with Crippen molar-refractivity contribution in [2.75, 3.05) is 0 Å². The number of nitriles is 1. The lowest BCUT2D eigenvalue weighted by atomic mass is 9.98. The van der Waals surface area contributed by atoms with Crippen LogP contribution >= 0.6 is 0 Å². The molecule has 0 amide bonds. The topological polar surface area (TPSA) is 33.6 Å². The van der Waals surface area contributed by atoms with Gasteiger partial charge in [-0.1, -0.05) is 182 Å². The van der Waals surface area contributed by atoms with Gasteiger partial charge in [0, 0.05) is 32.9 Å². The van der Waals surface area contributed by atoms with Crippen LogP contribution in [0, 0.1) is 11.3 Å². The molecule has 12 aromatic rings. The smallest absolute Gasteiger partial charge is 0.179 e. The molecule has 65 heavy (non-hydrogen) atoms. The first kappa shape index (κ1) is 38.2. The average Bonchev–Trinajstić information content (AvgIpc) is 3.90. The van der Waals surface area contributed by atoms with Crippen LogP contribution in [-0.4, -0.2) is 17.2 Å². The number of rotatable bonds is 8. The molecule has 10 aromatic carbocycles. The van der Waals surface area contributed by atoms with Crippen LogP contribution in [0.5, 0.6) is 0 Å². The number of benzene rings is 10. The highest BCUT2D eigenvalue weighted by Crippen LogP contribution is 2.38. The maximum Gasteiger partial charge on any atom is 0.179 e. The molecule has 0 aliphatic rings. The zero-order valence-electron chi connectivity index (χ0n) is 35.5. The summed E-state index contributed by atoms with van der Waals surface area (Å²) in [7, 11) is -2.81. The van der Waals surface area contributed by atoms with Crippen molar-refractivity contribution >= 4 is 72.4 Å². The number of aromatic nitrogens is 2. The molecule has 12 rings (SSSR count). The van der Waals surface area contributed by atoms with Gasteiger partial charge >= 0.3 is 0 Å². The first-order valence-corrected chi connectivity index (χ1v) is 24.1. The van der Waals surface area contributed by atoms with Crippen LogP contribution in [0.15, 0.2) is 249 Å². The van der Waals surface area contributed by atoms with Crippen LogP contribution in [0.2, 0.25) is 0 Å². The summed E-state index contributed by atoms with van der Waals surface area (Å²) in [6.45, 7) is 0. The lowest BCUT2D eigenvalue weighted by Gasteiger charge is -2.34. The SMILES string of the molecule is N#Cc1cccc(-n2c3ccc(-c4ccc(-c5ccc6c(c5)c5ccccc5n6-c5ccccc5)cc4)cc3c3cc([Si](c4ccccc4)(c4ccccc4)c4ccccc4)ccc32)c1. The van der Waals surface area contributed by atoms with Crippen molar-refractivity contribution in [1.82, 2.24) is 9.13 Å². The van der Waals surface area contributed by atoms with Gasteiger partial charge in [-0.05, 0) is 110 Å². The quantitative estimate of drug-likeness (QED) is 0.111. The van der Waals surface area contributed by atoms with E-state index in [1.165, 1.54) is 64.5 Å². The molecule has 0 atom stereocenters. The summed E-state index contributed by atoms with van der Waals surface area (Å²) in [5, 5.41) is 20.1. The van der Waals surface area contributed by atoms with E-state index in [4.69, 9.17) is 0 Å². The van der Waals surface area contributed by atoms with E-state index in [1.54, 1.807) is 0 Å². The van der Waals surface area contributed by atoms with Crippen LogP contribution in [0.25, 0.3) is 77.2 Å². The minimum Gasteiger partial charge on any atom is -0.309 e. The third-order valence-electron chi connectivity index (χ3n) is 13.3. The summed E-state index contributed by atoms with van der Waals surface area (Å²) in [6.07, 6.45) is 0. The minimum absolute atomic E-state index is 0.635. The fraction of sp³-hybridized carbons (Fsp3) is 0. The Bertz CT molecular complexity index is 3660. The third-order valence-corrected chi connectivity index (χ3v) is 18.1. The van der Waals surface area contributed by atoms with Gasteiger partial charge in [0.25, 0.3) is 0 Å². The summed E-state index contributed by atoms with van der Waals surface area (Å²) < 4.78 is 4.69. The minimum atomic E-state index is -2.81. The van der Waals surface area contributed by atoms with Crippen molar-refractivity contribution in [3.8, 4) is 39.7 Å². The van der Waals surface area contributed by atoms with Crippen molar-refractivity contribution in [3.05, 3.63) is 254 Å². The van der Waals surface area contributed by atoms with Gasteiger partial charge in [-0.15, -0.1) is 0 Å². The van der Waals surface area contributed by atoms with Gasteiger partial charge in [-0.25, -0.2) is 0 Å². The second-order valence-electron chi connectivity index (χ2n) is 16.8. The first-order valence-electron chi connectivity index (χ1n) is 22.1. The van der Waals surface area contributed by atoms with Crippen LogP contribution < -0.4 is 20.7 Å². The van der Waals surface area contributed by atoms with E-state index in [-0.39, 0.29) is 0 Å². The van der Waals surface area contributed by atoms with E-state index in [9.17, 15) is 5.26 Å². The number of nitrogens with zero attached hydrogens (tertiary/aromatic N) is 3. The molecule has 0 aliphatic heterocycles. The Morgan fingerprint density at radius 3 is 1.26 bits per heavy atom. The van der Waals surface area contributed by atoms with E-state index in [2.05, 4.69) is 246 Å². The van der Waals surface area contributed by atoms with Gasteiger partial charge in [0.1, 0.15) is 0 Å². The van der Waals surface area contributed by atoms with E-state index >= 15 is 0 Å². The number of hydrogen-bond donors (Lipinski definition) is 0. The molecule has 2 aromatic heterocycles. The normalized spacial score (nSPS) is 11.7. The first-order chi connectivity index (χ1) is 32.2. The summed E-state index contributed by atoms with van der Waals surface area (Å²) in [6, 6.07) is 92.8. The zero-order valence-corrected chi connectivity index (χ0v) is 36.5. The molecule has 0 aliphatic carbocycles. The highest BCUT2D eigenvalue weighted by atomic mass is 28.3. The summed E-state index contributed by atoms with van der Waals surface area (Å²) in [5.41, 5.74) is 12.0. The van der Waals surface area contributed by atoms with E-state index in [0.717, 1.165) is 33.5 Å². The molecule has 0 spiro atoms. The Hall–Kier alpha value is -8.49. The van der Waals surface area contributed by atoms with Gasteiger partial charge in [-0.2, -0.15) is 5.26 Å². The van der Waals surface area contributed by atoms with Crippen LogP contribution in [0.3, 0.4) is 0 Å². The van der Waals surface area contributed by atoms with Crippen LogP contribution in [-0.2, 0) is 0 Å². The van der Waals surface area contributed by atoms with E-state index in [0.29, 0.717) is 5.56 Å². The standard InChI is InChI=1S/C61H41N3Si/c62-42-43-16-15-19-49(38-43)64-60-36-33-47(45-30-28-44(29-31-45)46-32-35-59-55(39-46)54-26-13-14-27-58(54)63(59)48-17-5-1-6-18-48)40-56(60)57-41-53(34-37-61(57)64)65(50-20-7-2-8-21-50,51-22-9-3-10-23-51)52-24-11-4-12-25-52/h1-41H. The summed E-state index contributed by atoms with van der Waals surface area (Å²) in [5.74, 6) is 0. The number of hydrogen-bond acceptors (Lipinski definition) is 1. The predicted octanol–water partition coefficient (Wildman–Crippen LogP) is 12.5. The second kappa shape index (κ2) is 15.7. The lowest BCUT2D eigenvalue weighted by molar-refractivity contribution is 1.18. The molecule has 3 nitrogen and oxygen atoms in total. The van der Waals surface area contributed by atoms with Crippen molar-refractivity contribution in [1.29, 1.82) is 5.26 Å². The second-order valence-corrected chi connectivity index (χ2v) is 20.6. The Morgan fingerprint density at radius 1 is 0.292 bits per heavy atom. The van der Waals surface area contributed by atoms with Crippen LogP contribution in [0.4, 0.5) is 0 Å². The van der Waals surface area contributed by atoms with Gasteiger partial charge < -0.3 is 9.13 Å². The van der Waals surface area contributed by atoms with Gasteiger partial charge in [0.05, 0.1) is 33.7 Å². The Labute approximate surface area is 379 Å². The summed E-state index contributed by atoms with van der Waals surface area (Å²) in [4.78, 5) is 0. The maximum absolute atomic E-state index is 9.97. The molecule has 0 N–H and O–H groups in total. The molecule has 0 fully saturated rings. The van der Waals surface area contributed by atoms with Gasteiger partial charge in [0.2, 0.25) is 0 Å². The molecule has 0 saturated carbocycles. The van der Waals surface area contributed by atoms with Crippen molar-refractivity contribution in [3.63, 3.8) is 0 Å². The zero-order chi connectivity index (χ0) is 43.3. The maximum atomic E-state index is 9.97. The molecular formula is C61H41N3Si. The summed E-state index contributed by atoms with van der Waals surface area (Å²) >= 11 is 0. The molecule has 0 bridgehead atoms. The molecule has 4 heteroatoms. The highest BCUT2D eigenvalue weighted by Gasteiger charge is 2.41. The average molecular weight is 844 g/mol. The molecule has 0 saturated heterocycles. The Balaban J connectivity index is 1.02. The van der Waals surface area contributed by atoms with Crippen LogP contribution in [0.1, 0.15) is 5.56 Å². The molecule has 0 unspecified atom stereocenters. The Morgan fingerprint density at radius 2 is 0.708 bits per heavy atom. The molecule has 304 valence electrons. The van der Waals surface area contributed by atoms with Gasteiger partial charge in [0.15, 0.2) is 8.07 Å². The fourth-order valence-electron chi connectivity index (χ4n) is 10.4. The number of para-hydroxylation sites is 2. The molecule has 0 radical (unpaired) electrons. The highest BCUT2D eigenvalue weighted by molar-refractivity contribution is 7.20. The number of fused-ring (bicyclic) bond motifs is 6. The fourth-order valence-corrected chi connectivity index (χ4v) is 15.1. The van der Waals surface area contributed by atoms with E-state index in [1.807, 2.05) is 18.2 Å². The lowest BCUT2D eigenvalue weighted by Crippen LogP contribution is -2.74. The molecule has 2 heterocycles. The molecular weight excluding hydrogens is 803 g/mol. The largest absolute Gasteiger partial charge is 0.309 e. The third kappa shape index (κ3) is 6.25. The van der Waals surface area contributed by atoms with Crippen molar-refractivity contribution in [2.45, 2.75) is 0 Å². The van der Waals surface area contributed by atoms with Crippen molar-refractivity contribution < 1.29 is 0 Å². The monoisotopic (exact) mass is 843 g/mol. The van der Waals surface area contributed by atoms with E-state index < -0.39 is 8.07 Å². The van der Waals surface area contributed by atoms with Gasteiger partial charge in [-0.3, -0.25) is 0 Å². The van der Waals surface area contributed by atoms with Crippen molar-refractivity contribution in [2.24, 2.45) is 0 Å². The Kier molecular flexibility index (Phi) is 9.22.